The van der Waals surface area contributed by atoms with Gasteiger partial charge in [-0.15, -0.1) is 11.3 Å². The first kappa shape index (κ1) is 32.2. The fourth-order valence-corrected chi connectivity index (χ4v) is 9.15. The molecule has 262 valence electrons. The quantitative estimate of drug-likeness (QED) is 0.171. The minimum atomic E-state index is 0.716. The number of nitrogens with zero attached hydrogens (tertiary/aromatic N) is 4. The highest BCUT2D eigenvalue weighted by molar-refractivity contribution is 7.25. The molecule has 0 N–H and O–H groups in total. The molecule has 0 saturated carbocycles. The van der Waals surface area contributed by atoms with Crippen LogP contribution in [0.1, 0.15) is 0 Å². The molecule has 0 unspecified atom stereocenters. The van der Waals surface area contributed by atoms with Crippen molar-refractivity contribution in [2.75, 3.05) is 0 Å². The largest absolute Gasteiger partial charge is 0.231 e. The Morgan fingerprint density at radius 2 is 1.00 bits per heavy atom. The predicted octanol–water partition coefficient (Wildman–Crippen LogP) is 13.6. The summed E-state index contributed by atoms with van der Waals surface area (Å²) >= 11 is 1.81. The summed E-state index contributed by atoms with van der Waals surface area (Å²) in [4.78, 5) is 10.5. The Hall–Kier alpha value is -7.21. The maximum Gasteiger partial charge on any atom is 0.161 e. The molecule has 0 bridgehead atoms. The van der Waals surface area contributed by atoms with Gasteiger partial charge >= 0.3 is 0 Å². The third-order valence-electron chi connectivity index (χ3n) is 10.6. The number of hydrogen-bond donors (Lipinski definition) is 0. The summed E-state index contributed by atoms with van der Waals surface area (Å²) in [5.74, 6) is 0.716. The second-order valence-electron chi connectivity index (χ2n) is 14.0. The van der Waals surface area contributed by atoms with Crippen LogP contribution in [0.3, 0.4) is 0 Å². The minimum absolute atomic E-state index is 0.716. The van der Waals surface area contributed by atoms with E-state index in [-0.39, 0.29) is 0 Å². The zero-order chi connectivity index (χ0) is 37.0. The first-order chi connectivity index (χ1) is 27.8. The Balaban J connectivity index is 1.12. The van der Waals surface area contributed by atoms with Crippen LogP contribution in [0.15, 0.2) is 194 Å². The number of pyridine rings is 1. The van der Waals surface area contributed by atoms with E-state index in [0.717, 1.165) is 72.6 Å². The summed E-state index contributed by atoms with van der Waals surface area (Å²) in [5.41, 5.74) is 12.3. The molecule has 0 spiro atoms. The molecule has 11 aromatic rings. The molecule has 0 fully saturated rings. The molecule has 0 atom stereocenters. The third-order valence-corrected chi connectivity index (χ3v) is 11.8. The van der Waals surface area contributed by atoms with Crippen molar-refractivity contribution in [2.24, 2.45) is 0 Å². The van der Waals surface area contributed by atoms with Gasteiger partial charge in [0, 0.05) is 58.9 Å². The SMILES string of the molecule is c1ccc(-c2cc(-c3ccc(-c4c(-c5ccccc5)nn5c(-c6ccccc6)cc6ccccc6c45)cc3)nc(-c3cccc4sc5ccccc5c34)n2)cc1. The van der Waals surface area contributed by atoms with Crippen LogP contribution in [-0.4, -0.2) is 19.6 Å². The van der Waals surface area contributed by atoms with Crippen LogP contribution in [-0.2, 0) is 0 Å². The van der Waals surface area contributed by atoms with E-state index in [9.17, 15) is 0 Å². The molecular weight excluding hydrogens is 701 g/mol. The smallest absolute Gasteiger partial charge is 0.161 e. The fourth-order valence-electron chi connectivity index (χ4n) is 8.02. The number of hydrogen-bond acceptors (Lipinski definition) is 4. The topological polar surface area (TPSA) is 43.1 Å². The molecule has 0 radical (unpaired) electrons. The maximum absolute atomic E-state index is 5.40. The average molecular weight is 733 g/mol. The molecule has 5 heteroatoms. The van der Waals surface area contributed by atoms with Crippen LogP contribution in [0.4, 0.5) is 0 Å². The molecule has 0 amide bonds. The van der Waals surface area contributed by atoms with Gasteiger partial charge in [0.05, 0.1) is 22.6 Å². The third kappa shape index (κ3) is 5.40. The standard InChI is InChI=1S/C51H32N4S/c1-4-15-33(16-5-1)42-32-43(53-51(52-42)41-24-14-26-46-48(41)40-23-12-13-25-45(40)56-46)34-27-29-36(30-28-34)47-49(37-19-8-3-9-20-37)54-55-44(35-17-6-2-7-18-35)31-38-21-10-11-22-39(38)50(47)55/h1-32H. The Labute approximate surface area is 327 Å². The van der Waals surface area contributed by atoms with Crippen molar-refractivity contribution in [1.29, 1.82) is 0 Å². The van der Waals surface area contributed by atoms with Crippen molar-refractivity contribution in [3.8, 4) is 67.5 Å². The van der Waals surface area contributed by atoms with Crippen LogP contribution in [0.2, 0.25) is 0 Å². The van der Waals surface area contributed by atoms with Crippen LogP contribution in [0.5, 0.6) is 0 Å². The molecular formula is C51H32N4S. The zero-order valence-electron chi connectivity index (χ0n) is 30.2. The Kier molecular flexibility index (Phi) is 7.64. The van der Waals surface area contributed by atoms with Crippen LogP contribution in [0.25, 0.3) is 104 Å². The van der Waals surface area contributed by atoms with Crippen LogP contribution < -0.4 is 0 Å². The molecule has 7 aromatic carbocycles. The number of thiophene rings is 1. The molecule has 11 rings (SSSR count). The van der Waals surface area contributed by atoms with E-state index < -0.39 is 0 Å². The van der Waals surface area contributed by atoms with Gasteiger partial charge in [-0.3, -0.25) is 0 Å². The van der Waals surface area contributed by atoms with Gasteiger partial charge in [0.15, 0.2) is 5.82 Å². The number of rotatable bonds is 6. The van der Waals surface area contributed by atoms with Gasteiger partial charge in [-0.1, -0.05) is 170 Å². The monoisotopic (exact) mass is 732 g/mol. The van der Waals surface area contributed by atoms with E-state index in [1.54, 1.807) is 0 Å². The van der Waals surface area contributed by atoms with Crippen LogP contribution in [0, 0.1) is 0 Å². The van der Waals surface area contributed by atoms with Gasteiger partial charge in [0.2, 0.25) is 0 Å². The highest BCUT2D eigenvalue weighted by Crippen LogP contribution is 2.43. The van der Waals surface area contributed by atoms with Crippen LogP contribution >= 0.6 is 11.3 Å². The Morgan fingerprint density at radius 3 is 1.73 bits per heavy atom. The lowest BCUT2D eigenvalue weighted by atomic mass is 9.95. The average Bonchev–Trinajstić information content (AvgIpc) is 3.87. The molecule has 0 aliphatic carbocycles. The van der Waals surface area contributed by atoms with Gasteiger partial charge in [-0.2, -0.15) is 5.10 Å². The summed E-state index contributed by atoms with van der Waals surface area (Å²) < 4.78 is 4.63. The highest BCUT2D eigenvalue weighted by atomic mass is 32.1. The molecule has 0 aliphatic heterocycles. The summed E-state index contributed by atoms with van der Waals surface area (Å²) in [6.45, 7) is 0. The zero-order valence-corrected chi connectivity index (χ0v) is 31.0. The minimum Gasteiger partial charge on any atom is -0.231 e. The van der Waals surface area contributed by atoms with E-state index in [4.69, 9.17) is 15.1 Å². The van der Waals surface area contributed by atoms with Crippen molar-refractivity contribution >= 4 is 47.8 Å². The fraction of sp³-hybridized carbons (Fsp3) is 0. The molecule has 56 heavy (non-hydrogen) atoms. The molecule has 4 heterocycles. The maximum atomic E-state index is 5.40. The van der Waals surface area contributed by atoms with Gasteiger partial charge in [-0.05, 0) is 35.2 Å². The highest BCUT2D eigenvalue weighted by Gasteiger charge is 2.22. The van der Waals surface area contributed by atoms with Crippen molar-refractivity contribution in [1.82, 2.24) is 19.6 Å². The van der Waals surface area contributed by atoms with Crippen molar-refractivity contribution in [3.63, 3.8) is 0 Å². The van der Waals surface area contributed by atoms with E-state index in [1.165, 1.54) is 25.6 Å². The summed E-state index contributed by atoms with van der Waals surface area (Å²) in [6, 6.07) is 68.3. The summed E-state index contributed by atoms with van der Waals surface area (Å²) in [7, 11) is 0. The number of aromatic nitrogens is 4. The van der Waals surface area contributed by atoms with Gasteiger partial charge in [0.25, 0.3) is 0 Å². The number of benzene rings is 7. The molecule has 0 saturated heterocycles. The van der Waals surface area contributed by atoms with Crippen molar-refractivity contribution in [3.05, 3.63) is 194 Å². The second kappa shape index (κ2) is 13.3. The van der Waals surface area contributed by atoms with E-state index in [0.29, 0.717) is 5.82 Å². The molecule has 4 aromatic heterocycles. The Bertz CT molecular complexity index is 3220. The van der Waals surface area contributed by atoms with E-state index in [2.05, 4.69) is 193 Å². The number of fused-ring (bicyclic) bond motifs is 6. The normalized spacial score (nSPS) is 11.6. The van der Waals surface area contributed by atoms with E-state index >= 15 is 0 Å². The lowest BCUT2D eigenvalue weighted by molar-refractivity contribution is 0.979. The molecule has 4 nitrogen and oxygen atoms in total. The Morgan fingerprint density at radius 1 is 0.429 bits per heavy atom. The predicted molar refractivity (Wildman–Crippen MR) is 234 cm³/mol. The second-order valence-corrected chi connectivity index (χ2v) is 15.1. The molecule has 0 aliphatic rings. The lowest BCUT2D eigenvalue weighted by Crippen LogP contribution is -1.96. The van der Waals surface area contributed by atoms with Gasteiger partial charge in [0.1, 0.15) is 5.69 Å². The van der Waals surface area contributed by atoms with Gasteiger partial charge < -0.3 is 0 Å². The van der Waals surface area contributed by atoms with E-state index in [1.807, 2.05) is 17.4 Å². The van der Waals surface area contributed by atoms with Gasteiger partial charge in [-0.25, -0.2) is 14.5 Å². The first-order valence-corrected chi connectivity index (χ1v) is 19.6. The lowest BCUT2D eigenvalue weighted by Gasteiger charge is -2.12. The van der Waals surface area contributed by atoms with Crippen molar-refractivity contribution < 1.29 is 0 Å². The first-order valence-electron chi connectivity index (χ1n) is 18.8. The summed E-state index contributed by atoms with van der Waals surface area (Å²) in [6.07, 6.45) is 0. The van der Waals surface area contributed by atoms with Crippen molar-refractivity contribution in [2.45, 2.75) is 0 Å². The summed E-state index contributed by atoms with van der Waals surface area (Å²) in [5, 5.41) is 10.2.